The van der Waals surface area contributed by atoms with E-state index in [0.717, 1.165) is 22.4 Å². The van der Waals surface area contributed by atoms with Gasteiger partial charge in [-0.15, -0.1) is 0 Å². The van der Waals surface area contributed by atoms with Gasteiger partial charge in [-0.05, 0) is 55.7 Å². The van der Waals surface area contributed by atoms with Crippen LogP contribution in [0.25, 0.3) is 0 Å². The summed E-state index contributed by atoms with van der Waals surface area (Å²) in [5.41, 5.74) is 3.24. The second-order valence-corrected chi connectivity index (χ2v) is 6.22. The highest BCUT2D eigenvalue weighted by molar-refractivity contribution is 6.30. The average molecular weight is 332 g/mol. The highest BCUT2D eigenvalue weighted by atomic mass is 35.5. The molecule has 0 aliphatic rings. The van der Waals surface area contributed by atoms with E-state index in [1.54, 1.807) is 18.9 Å². The molecule has 0 saturated heterocycles. The van der Waals surface area contributed by atoms with E-state index in [1.807, 2.05) is 56.3 Å². The van der Waals surface area contributed by atoms with Crippen LogP contribution in [-0.2, 0) is 11.3 Å². The van der Waals surface area contributed by atoms with Gasteiger partial charge in [0.15, 0.2) is 6.10 Å². The number of nitrogens with zero attached hydrogens (tertiary/aromatic N) is 1. The second kappa shape index (κ2) is 7.51. The van der Waals surface area contributed by atoms with Crippen molar-refractivity contribution in [3.8, 4) is 5.75 Å². The maximum Gasteiger partial charge on any atom is 0.263 e. The molecule has 1 amide bonds. The molecule has 0 aromatic heterocycles. The molecule has 122 valence electrons. The van der Waals surface area contributed by atoms with Crippen LogP contribution in [0.4, 0.5) is 0 Å². The summed E-state index contributed by atoms with van der Waals surface area (Å²) in [7, 11) is 1.78. The molecule has 23 heavy (non-hydrogen) atoms. The lowest BCUT2D eigenvalue weighted by Gasteiger charge is -2.23. The van der Waals surface area contributed by atoms with Gasteiger partial charge in [-0.1, -0.05) is 35.9 Å². The van der Waals surface area contributed by atoms with Gasteiger partial charge in [-0.25, -0.2) is 0 Å². The average Bonchev–Trinajstić information content (AvgIpc) is 2.53. The number of hydrogen-bond acceptors (Lipinski definition) is 2. The Bertz CT molecular complexity index is 682. The predicted molar refractivity (Wildman–Crippen MR) is 93.9 cm³/mol. The topological polar surface area (TPSA) is 29.5 Å². The van der Waals surface area contributed by atoms with Crippen molar-refractivity contribution in [1.82, 2.24) is 4.90 Å². The van der Waals surface area contributed by atoms with Crippen molar-refractivity contribution < 1.29 is 9.53 Å². The monoisotopic (exact) mass is 331 g/mol. The number of amides is 1. The lowest BCUT2D eigenvalue weighted by Crippen LogP contribution is -2.37. The predicted octanol–water partition coefficient (Wildman–Crippen LogP) is 4.38. The fourth-order valence-electron chi connectivity index (χ4n) is 2.34. The van der Waals surface area contributed by atoms with Crippen LogP contribution in [0.1, 0.15) is 23.6 Å². The summed E-state index contributed by atoms with van der Waals surface area (Å²) < 4.78 is 5.85. The van der Waals surface area contributed by atoms with Crippen LogP contribution >= 0.6 is 11.6 Å². The molecule has 0 aliphatic heterocycles. The van der Waals surface area contributed by atoms with Crippen LogP contribution in [0.15, 0.2) is 42.5 Å². The molecule has 0 radical (unpaired) electrons. The van der Waals surface area contributed by atoms with E-state index in [-0.39, 0.29) is 5.91 Å². The van der Waals surface area contributed by atoms with Crippen molar-refractivity contribution >= 4 is 17.5 Å². The molecule has 0 fully saturated rings. The van der Waals surface area contributed by atoms with Gasteiger partial charge in [0, 0.05) is 18.6 Å². The van der Waals surface area contributed by atoms with Gasteiger partial charge in [0.2, 0.25) is 0 Å². The quantitative estimate of drug-likeness (QED) is 0.813. The van der Waals surface area contributed by atoms with Gasteiger partial charge in [0.25, 0.3) is 5.91 Å². The number of benzene rings is 2. The summed E-state index contributed by atoms with van der Waals surface area (Å²) in [6.07, 6.45) is -0.534. The number of ether oxygens (including phenoxy) is 1. The van der Waals surface area contributed by atoms with Crippen LogP contribution in [0, 0.1) is 13.8 Å². The number of hydrogen-bond donors (Lipinski definition) is 0. The molecule has 0 heterocycles. The Balaban J connectivity index is 2.01. The van der Waals surface area contributed by atoms with Gasteiger partial charge >= 0.3 is 0 Å². The number of rotatable bonds is 5. The second-order valence-electron chi connectivity index (χ2n) is 5.78. The Morgan fingerprint density at radius 3 is 2.48 bits per heavy atom. The van der Waals surface area contributed by atoms with Crippen molar-refractivity contribution in [2.45, 2.75) is 33.4 Å². The molecule has 2 rings (SSSR count). The molecule has 3 nitrogen and oxygen atoms in total. The van der Waals surface area contributed by atoms with Crippen LogP contribution in [-0.4, -0.2) is 24.0 Å². The van der Waals surface area contributed by atoms with Gasteiger partial charge < -0.3 is 9.64 Å². The third kappa shape index (κ3) is 4.49. The molecule has 0 aliphatic carbocycles. The summed E-state index contributed by atoms with van der Waals surface area (Å²) in [5.74, 6) is 0.701. The van der Waals surface area contributed by atoms with E-state index in [2.05, 4.69) is 0 Å². The first kappa shape index (κ1) is 17.4. The van der Waals surface area contributed by atoms with E-state index in [9.17, 15) is 4.79 Å². The third-order valence-corrected chi connectivity index (χ3v) is 4.17. The van der Waals surface area contributed by atoms with Crippen LogP contribution in [0.3, 0.4) is 0 Å². The van der Waals surface area contributed by atoms with Crippen molar-refractivity contribution in [1.29, 1.82) is 0 Å². The van der Waals surface area contributed by atoms with E-state index in [4.69, 9.17) is 16.3 Å². The van der Waals surface area contributed by atoms with E-state index < -0.39 is 6.10 Å². The van der Waals surface area contributed by atoms with Crippen LogP contribution in [0.2, 0.25) is 5.02 Å². The normalized spacial score (nSPS) is 11.9. The first-order chi connectivity index (χ1) is 10.9. The molecule has 4 heteroatoms. The highest BCUT2D eigenvalue weighted by Gasteiger charge is 2.20. The summed E-state index contributed by atoms with van der Waals surface area (Å²) in [6, 6.07) is 13.3. The van der Waals surface area contributed by atoms with Crippen molar-refractivity contribution in [3.63, 3.8) is 0 Å². The van der Waals surface area contributed by atoms with Gasteiger partial charge in [-0.3, -0.25) is 4.79 Å². The fraction of sp³-hybridized carbons (Fsp3) is 0.316. The lowest BCUT2D eigenvalue weighted by molar-refractivity contribution is -0.137. The minimum atomic E-state index is -0.534. The molecule has 0 spiro atoms. The number of carbonyl (C=O) groups excluding carboxylic acids is 1. The van der Waals surface area contributed by atoms with E-state index in [0.29, 0.717) is 11.6 Å². The first-order valence-electron chi connectivity index (χ1n) is 7.60. The third-order valence-electron chi connectivity index (χ3n) is 3.92. The van der Waals surface area contributed by atoms with Gasteiger partial charge in [-0.2, -0.15) is 0 Å². The Morgan fingerprint density at radius 2 is 1.83 bits per heavy atom. The maximum atomic E-state index is 12.5. The molecule has 1 atom stereocenters. The molecule has 2 aromatic rings. The largest absolute Gasteiger partial charge is 0.481 e. The summed E-state index contributed by atoms with van der Waals surface area (Å²) >= 11 is 5.88. The fourth-order valence-corrected chi connectivity index (χ4v) is 2.47. The zero-order valence-corrected chi connectivity index (χ0v) is 14.7. The zero-order chi connectivity index (χ0) is 17.0. The molecular formula is C19H22ClNO2. The number of likely N-dealkylation sites (N-methyl/N-ethyl adjacent to an activating group) is 1. The van der Waals surface area contributed by atoms with Crippen LogP contribution in [0.5, 0.6) is 5.75 Å². The summed E-state index contributed by atoms with van der Waals surface area (Å²) in [6.45, 7) is 6.33. The first-order valence-corrected chi connectivity index (χ1v) is 7.98. The zero-order valence-electron chi connectivity index (χ0n) is 14.0. The molecule has 0 bridgehead atoms. The van der Waals surface area contributed by atoms with Gasteiger partial charge in [0.1, 0.15) is 5.75 Å². The maximum absolute atomic E-state index is 12.5. The standard InChI is InChI=1S/C19H22ClNO2/c1-13-6-5-7-18(14(13)2)23-15(3)19(22)21(4)12-16-8-10-17(20)11-9-16/h5-11,15H,12H2,1-4H3/t15-/m0/s1. The molecule has 2 aromatic carbocycles. The highest BCUT2D eigenvalue weighted by Crippen LogP contribution is 2.22. The van der Waals surface area contributed by atoms with Crippen molar-refractivity contribution in [2.75, 3.05) is 7.05 Å². The number of aryl methyl sites for hydroxylation is 1. The Hall–Kier alpha value is -2.00. The minimum absolute atomic E-state index is 0.0548. The van der Waals surface area contributed by atoms with Crippen LogP contribution < -0.4 is 4.74 Å². The lowest BCUT2D eigenvalue weighted by atomic mass is 10.1. The molecule has 0 N–H and O–H groups in total. The van der Waals surface area contributed by atoms with Gasteiger partial charge in [0.05, 0.1) is 0 Å². The Labute approximate surface area is 142 Å². The number of halogens is 1. The number of carbonyl (C=O) groups is 1. The molecular weight excluding hydrogens is 310 g/mol. The summed E-state index contributed by atoms with van der Waals surface area (Å²) in [4.78, 5) is 14.2. The SMILES string of the molecule is Cc1cccc(O[C@@H](C)C(=O)N(C)Cc2ccc(Cl)cc2)c1C. The van der Waals surface area contributed by atoms with E-state index >= 15 is 0 Å². The van der Waals surface area contributed by atoms with Crippen molar-refractivity contribution in [2.24, 2.45) is 0 Å². The Morgan fingerprint density at radius 1 is 1.17 bits per heavy atom. The smallest absolute Gasteiger partial charge is 0.263 e. The minimum Gasteiger partial charge on any atom is -0.481 e. The van der Waals surface area contributed by atoms with E-state index in [1.165, 1.54) is 0 Å². The molecule has 0 saturated carbocycles. The summed E-state index contributed by atoms with van der Waals surface area (Å²) in [5, 5.41) is 0.689. The molecule has 0 unspecified atom stereocenters. The van der Waals surface area contributed by atoms with Crippen molar-refractivity contribution in [3.05, 3.63) is 64.2 Å². The Kier molecular flexibility index (Phi) is 5.67.